The highest BCUT2D eigenvalue weighted by atomic mass is 35.5. The van der Waals surface area contributed by atoms with Gasteiger partial charge in [-0.1, -0.05) is 57.0 Å². The van der Waals surface area contributed by atoms with E-state index >= 15 is 0 Å². The van der Waals surface area contributed by atoms with Gasteiger partial charge in [-0.2, -0.15) is 18.2 Å². The highest BCUT2D eigenvalue weighted by molar-refractivity contribution is 5.85. The van der Waals surface area contributed by atoms with Gasteiger partial charge in [-0.25, -0.2) is 0 Å². The molecule has 202 valence electrons. The Morgan fingerprint density at radius 1 is 1.17 bits per heavy atom. The minimum Gasteiger partial charge on any atom is -0.493 e. The molecule has 0 amide bonds. The number of alkyl halides is 3. The molecule has 1 aliphatic rings. The molecule has 0 radical (unpaired) electrons. The molecule has 3 N–H and O–H groups in total. The second-order valence-electron chi connectivity index (χ2n) is 9.16. The largest absolute Gasteiger partial charge is 0.493 e. The maximum atomic E-state index is 13.8. The minimum atomic E-state index is -4.57. The molecule has 1 aromatic heterocycles. The van der Waals surface area contributed by atoms with E-state index in [1.807, 2.05) is 0 Å². The zero-order valence-electron chi connectivity index (χ0n) is 20.8. The van der Waals surface area contributed by atoms with Crippen LogP contribution >= 0.6 is 12.4 Å². The number of guanidine groups is 1. The van der Waals surface area contributed by atoms with Gasteiger partial charge in [0.1, 0.15) is 5.75 Å². The second-order valence-corrected chi connectivity index (χ2v) is 9.16. The van der Waals surface area contributed by atoms with E-state index in [1.165, 1.54) is 37.8 Å². The Morgan fingerprint density at radius 2 is 1.86 bits per heavy atom. The monoisotopic (exact) mass is 531 g/mol. The predicted octanol–water partition coefficient (Wildman–Crippen LogP) is 6.77. The number of nitrogens with two attached hydrogens (primary N) is 1. The third-order valence-corrected chi connectivity index (χ3v) is 6.35. The van der Waals surface area contributed by atoms with Crippen molar-refractivity contribution in [3.8, 4) is 17.1 Å². The summed E-state index contributed by atoms with van der Waals surface area (Å²) in [5.74, 6) is 0.115. The van der Waals surface area contributed by atoms with Crippen molar-refractivity contribution in [3.63, 3.8) is 0 Å². The summed E-state index contributed by atoms with van der Waals surface area (Å²) < 4.78 is 52.1. The van der Waals surface area contributed by atoms with Crippen molar-refractivity contribution in [2.45, 2.75) is 83.2 Å². The number of rotatable bonds is 12. The Labute approximate surface area is 216 Å². The molecule has 1 aromatic carbocycles. The molecule has 0 unspecified atom stereocenters. The van der Waals surface area contributed by atoms with Crippen molar-refractivity contribution in [1.82, 2.24) is 15.0 Å². The fraction of sp³-hybridized carbons (Fsp3) is 0.640. The van der Waals surface area contributed by atoms with Crippen molar-refractivity contribution in [2.75, 3.05) is 19.7 Å². The molecule has 0 bridgehead atoms. The SMILES string of the molecule is CCCCCCCCCCOc1ccc(-c2noc([C@@H]3CCCN(C(=N)N)C3)n2)cc1C(F)(F)F.Cl. The van der Waals surface area contributed by atoms with Crippen LogP contribution in [0.25, 0.3) is 11.4 Å². The first-order chi connectivity index (χ1) is 16.8. The lowest BCUT2D eigenvalue weighted by Gasteiger charge is -2.30. The molecule has 0 spiro atoms. The van der Waals surface area contributed by atoms with Crippen LogP contribution in [0.1, 0.15) is 88.5 Å². The van der Waals surface area contributed by atoms with Gasteiger partial charge in [0.2, 0.25) is 11.7 Å². The molecule has 7 nitrogen and oxygen atoms in total. The zero-order valence-corrected chi connectivity index (χ0v) is 21.6. The number of hydrogen-bond donors (Lipinski definition) is 2. The van der Waals surface area contributed by atoms with Gasteiger partial charge < -0.3 is 19.9 Å². The lowest BCUT2D eigenvalue weighted by Crippen LogP contribution is -2.42. The van der Waals surface area contributed by atoms with Gasteiger partial charge in [-0.15, -0.1) is 12.4 Å². The summed E-state index contributed by atoms with van der Waals surface area (Å²) >= 11 is 0. The van der Waals surface area contributed by atoms with Crippen LogP contribution in [0.2, 0.25) is 0 Å². The van der Waals surface area contributed by atoms with E-state index in [2.05, 4.69) is 17.1 Å². The van der Waals surface area contributed by atoms with Crippen LogP contribution in [-0.2, 0) is 6.18 Å². The number of nitrogens with zero attached hydrogens (tertiary/aromatic N) is 3. The molecule has 1 fully saturated rings. The maximum Gasteiger partial charge on any atom is 0.419 e. The predicted molar refractivity (Wildman–Crippen MR) is 136 cm³/mol. The van der Waals surface area contributed by atoms with Crippen LogP contribution in [0.3, 0.4) is 0 Å². The lowest BCUT2D eigenvalue weighted by molar-refractivity contribution is -0.138. The fourth-order valence-corrected chi connectivity index (χ4v) is 4.35. The van der Waals surface area contributed by atoms with Crippen LogP contribution in [0.5, 0.6) is 5.75 Å². The molecule has 0 saturated carbocycles. The van der Waals surface area contributed by atoms with Crippen molar-refractivity contribution < 1.29 is 22.4 Å². The molecular weight excluding hydrogens is 495 g/mol. The first kappa shape index (κ1) is 29.7. The van der Waals surface area contributed by atoms with E-state index in [-0.39, 0.29) is 48.0 Å². The van der Waals surface area contributed by atoms with Gasteiger partial charge in [0.15, 0.2) is 5.96 Å². The van der Waals surface area contributed by atoms with Crippen molar-refractivity contribution in [1.29, 1.82) is 5.41 Å². The molecule has 3 rings (SSSR count). The first-order valence-electron chi connectivity index (χ1n) is 12.6. The van der Waals surface area contributed by atoms with Gasteiger partial charge >= 0.3 is 6.18 Å². The van der Waals surface area contributed by atoms with Crippen molar-refractivity contribution in [3.05, 3.63) is 29.7 Å². The maximum absolute atomic E-state index is 13.8. The van der Waals surface area contributed by atoms with E-state index in [0.29, 0.717) is 19.0 Å². The summed E-state index contributed by atoms with van der Waals surface area (Å²) in [6.07, 6.45) is 5.84. The molecule has 36 heavy (non-hydrogen) atoms. The molecule has 0 aliphatic carbocycles. The average Bonchev–Trinajstić information content (AvgIpc) is 3.33. The molecule has 1 saturated heterocycles. The molecule has 2 aromatic rings. The molecule has 11 heteroatoms. The third kappa shape index (κ3) is 8.57. The normalized spacial score (nSPS) is 16.0. The van der Waals surface area contributed by atoms with E-state index < -0.39 is 11.7 Å². The zero-order chi connectivity index (χ0) is 25.3. The number of aromatic nitrogens is 2. The number of hydrogen-bond acceptors (Lipinski definition) is 5. The molecule has 2 heterocycles. The van der Waals surface area contributed by atoms with Crippen LogP contribution in [0.4, 0.5) is 13.2 Å². The van der Waals surface area contributed by atoms with Crippen LogP contribution < -0.4 is 10.5 Å². The number of benzene rings is 1. The molecular formula is C25H37ClF3N5O2. The van der Waals surface area contributed by atoms with E-state index in [4.69, 9.17) is 20.4 Å². The number of ether oxygens (including phenoxy) is 1. The summed E-state index contributed by atoms with van der Waals surface area (Å²) in [6, 6.07) is 3.87. The Kier molecular flexibility index (Phi) is 11.8. The highest BCUT2D eigenvalue weighted by Gasteiger charge is 2.35. The van der Waals surface area contributed by atoms with Crippen molar-refractivity contribution >= 4 is 18.4 Å². The molecule has 1 aliphatic heterocycles. The highest BCUT2D eigenvalue weighted by Crippen LogP contribution is 2.39. The Morgan fingerprint density at radius 3 is 2.53 bits per heavy atom. The minimum absolute atomic E-state index is 0. The van der Waals surface area contributed by atoms with Crippen LogP contribution in [-0.4, -0.2) is 40.7 Å². The Hall–Kier alpha value is -2.49. The first-order valence-corrected chi connectivity index (χ1v) is 12.6. The summed E-state index contributed by atoms with van der Waals surface area (Å²) in [4.78, 5) is 6.07. The fourth-order valence-electron chi connectivity index (χ4n) is 4.35. The topological polar surface area (TPSA) is 101 Å². The number of likely N-dealkylation sites (tertiary alicyclic amines) is 1. The van der Waals surface area contributed by atoms with Crippen LogP contribution in [0, 0.1) is 5.41 Å². The summed E-state index contributed by atoms with van der Waals surface area (Å²) in [5.41, 5.74) is 4.95. The summed E-state index contributed by atoms with van der Waals surface area (Å²) in [7, 11) is 0. The molecule has 1 atom stereocenters. The van der Waals surface area contributed by atoms with Gasteiger partial charge in [0, 0.05) is 18.7 Å². The van der Waals surface area contributed by atoms with Gasteiger partial charge in [-0.3, -0.25) is 5.41 Å². The van der Waals surface area contributed by atoms with Crippen LogP contribution in [0.15, 0.2) is 22.7 Å². The van der Waals surface area contributed by atoms with E-state index in [0.717, 1.165) is 44.6 Å². The smallest absolute Gasteiger partial charge is 0.419 e. The van der Waals surface area contributed by atoms with Crippen molar-refractivity contribution in [2.24, 2.45) is 5.73 Å². The number of piperidine rings is 1. The lowest BCUT2D eigenvalue weighted by atomic mass is 9.98. The quantitative estimate of drug-likeness (QED) is 0.178. The number of unbranched alkanes of at least 4 members (excludes halogenated alkanes) is 7. The number of halogens is 4. The standard InChI is InChI=1S/C25H36F3N5O2.ClH/c1-2-3-4-5-6-7-8-9-15-34-21-13-12-18(16-20(21)25(26,27)28)22-31-23(35-32-22)19-11-10-14-33(17-19)24(29)30;/h12-13,16,19H,2-11,14-15,17H2,1H3,(H3,29,30);1H/t19-;/m1./s1. The van der Waals surface area contributed by atoms with E-state index in [9.17, 15) is 13.2 Å². The Balaban J connectivity index is 0.00000456. The summed E-state index contributed by atoms with van der Waals surface area (Å²) in [5, 5.41) is 11.5. The second kappa shape index (κ2) is 14.3. The Bertz CT molecular complexity index is 954. The number of nitrogens with one attached hydrogen (secondary N) is 1. The third-order valence-electron chi connectivity index (χ3n) is 6.35. The van der Waals surface area contributed by atoms with Gasteiger partial charge in [0.25, 0.3) is 0 Å². The summed E-state index contributed by atoms with van der Waals surface area (Å²) in [6.45, 7) is 3.58. The van der Waals surface area contributed by atoms with Gasteiger partial charge in [0.05, 0.1) is 18.1 Å². The van der Waals surface area contributed by atoms with Gasteiger partial charge in [-0.05, 0) is 37.5 Å². The average molecular weight is 532 g/mol. The van der Waals surface area contributed by atoms with E-state index in [1.54, 1.807) is 4.90 Å².